The minimum Gasteiger partial charge on any atom is -0.480 e. The van der Waals surface area contributed by atoms with Crippen molar-refractivity contribution in [3.63, 3.8) is 0 Å². The monoisotopic (exact) mass is 219 g/mol. The Morgan fingerprint density at radius 1 is 1.00 bits per heavy atom. The van der Waals surface area contributed by atoms with Crippen molar-refractivity contribution in [3.05, 3.63) is 12.2 Å². The zero-order valence-corrected chi connectivity index (χ0v) is 8.30. The fourth-order valence-corrected chi connectivity index (χ4v) is 0.143. The molecule has 0 unspecified atom stereocenters. The number of nitrogens with two attached hydrogens (primary N) is 1. The molecule has 0 rings (SSSR count). The van der Waals surface area contributed by atoms with Crippen LogP contribution in [0, 0.1) is 0 Å². The third-order valence-corrected chi connectivity index (χ3v) is 0.920. The average Bonchev–Trinajstić information content (AvgIpc) is 2.00. The molecular formula is C8H13NO6. The topological polar surface area (TPSA) is 138 Å². The molecule has 0 atom stereocenters. The minimum absolute atomic E-state index is 0.558. The van der Waals surface area contributed by atoms with Crippen LogP contribution >= 0.6 is 0 Å². The van der Waals surface area contributed by atoms with Gasteiger partial charge in [-0.2, -0.15) is 0 Å². The molecule has 0 amide bonds. The van der Waals surface area contributed by atoms with E-state index in [1.54, 1.807) is 0 Å². The lowest BCUT2D eigenvalue weighted by atomic mass is 10.1. The van der Waals surface area contributed by atoms with E-state index in [0.29, 0.717) is 12.2 Å². The highest BCUT2D eigenvalue weighted by Gasteiger charge is 2.19. The quantitative estimate of drug-likeness (QED) is 0.470. The zero-order valence-electron chi connectivity index (χ0n) is 8.30. The molecule has 0 bridgehead atoms. The van der Waals surface area contributed by atoms with Gasteiger partial charge in [0.1, 0.15) is 5.54 Å². The van der Waals surface area contributed by atoms with Crippen LogP contribution < -0.4 is 5.73 Å². The molecule has 0 aromatic carbocycles. The smallest absolute Gasteiger partial charge is 0.328 e. The van der Waals surface area contributed by atoms with Crippen molar-refractivity contribution in [1.82, 2.24) is 0 Å². The van der Waals surface area contributed by atoms with E-state index in [4.69, 9.17) is 21.1 Å². The van der Waals surface area contributed by atoms with E-state index >= 15 is 0 Å². The van der Waals surface area contributed by atoms with Crippen LogP contribution in [0.4, 0.5) is 0 Å². The molecule has 0 aromatic heterocycles. The maximum absolute atomic E-state index is 9.90. The van der Waals surface area contributed by atoms with Crippen molar-refractivity contribution in [2.24, 2.45) is 5.73 Å². The molecule has 0 aliphatic rings. The van der Waals surface area contributed by atoms with Crippen molar-refractivity contribution in [1.29, 1.82) is 0 Å². The van der Waals surface area contributed by atoms with Gasteiger partial charge in [-0.05, 0) is 13.8 Å². The van der Waals surface area contributed by atoms with Gasteiger partial charge in [0.15, 0.2) is 0 Å². The Hall–Kier alpha value is -1.89. The van der Waals surface area contributed by atoms with Gasteiger partial charge in [0.2, 0.25) is 0 Å². The van der Waals surface area contributed by atoms with Gasteiger partial charge in [0.25, 0.3) is 0 Å². The molecule has 0 aliphatic carbocycles. The van der Waals surface area contributed by atoms with Gasteiger partial charge in [0, 0.05) is 12.2 Å². The lowest BCUT2D eigenvalue weighted by Crippen LogP contribution is -2.41. The third-order valence-electron chi connectivity index (χ3n) is 0.920. The van der Waals surface area contributed by atoms with Gasteiger partial charge >= 0.3 is 17.9 Å². The van der Waals surface area contributed by atoms with Gasteiger partial charge in [-0.1, -0.05) is 0 Å². The summed E-state index contributed by atoms with van der Waals surface area (Å²) in [5.74, 6) is -3.49. The van der Waals surface area contributed by atoms with E-state index in [-0.39, 0.29) is 0 Å². The molecule has 15 heavy (non-hydrogen) atoms. The lowest BCUT2D eigenvalue weighted by Gasteiger charge is -2.09. The van der Waals surface area contributed by atoms with E-state index in [1.165, 1.54) is 13.8 Å². The van der Waals surface area contributed by atoms with Gasteiger partial charge in [0.05, 0.1) is 0 Å². The second-order valence-electron chi connectivity index (χ2n) is 3.04. The number of carboxylic acids is 3. The Balaban J connectivity index is 0. The molecule has 0 aromatic rings. The lowest BCUT2D eigenvalue weighted by molar-refractivity contribution is -0.142. The van der Waals surface area contributed by atoms with Gasteiger partial charge < -0.3 is 21.1 Å². The number of carboxylic acid groups (broad SMARTS) is 3. The first-order chi connectivity index (χ1) is 6.57. The van der Waals surface area contributed by atoms with E-state index in [1.807, 2.05) is 0 Å². The number of carbonyl (C=O) groups is 3. The van der Waals surface area contributed by atoms with Crippen LogP contribution in [0.1, 0.15) is 13.8 Å². The van der Waals surface area contributed by atoms with Crippen LogP contribution in [-0.2, 0) is 14.4 Å². The van der Waals surface area contributed by atoms with Crippen molar-refractivity contribution in [2.45, 2.75) is 19.4 Å². The number of hydrogen-bond acceptors (Lipinski definition) is 4. The van der Waals surface area contributed by atoms with E-state index < -0.39 is 23.4 Å². The van der Waals surface area contributed by atoms with Crippen LogP contribution in [0.2, 0.25) is 0 Å². The summed E-state index contributed by atoms with van der Waals surface area (Å²) in [5.41, 5.74) is 4.00. The number of aliphatic carboxylic acids is 3. The fourth-order valence-electron chi connectivity index (χ4n) is 0.143. The second-order valence-corrected chi connectivity index (χ2v) is 3.04. The normalized spacial score (nSPS) is 10.3. The van der Waals surface area contributed by atoms with Crippen LogP contribution in [0.3, 0.4) is 0 Å². The van der Waals surface area contributed by atoms with E-state index in [2.05, 4.69) is 0 Å². The molecule has 0 saturated carbocycles. The van der Waals surface area contributed by atoms with Crippen molar-refractivity contribution >= 4 is 17.9 Å². The Morgan fingerprint density at radius 3 is 1.27 bits per heavy atom. The molecular weight excluding hydrogens is 206 g/mol. The van der Waals surface area contributed by atoms with Crippen LogP contribution in [0.15, 0.2) is 12.2 Å². The molecule has 0 aliphatic heterocycles. The van der Waals surface area contributed by atoms with Crippen molar-refractivity contribution < 1.29 is 29.7 Å². The molecule has 86 valence electrons. The summed E-state index contributed by atoms with van der Waals surface area (Å²) >= 11 is 0. The maximum atomic E-state index is 9.90. The Labute approximate surface area is 85.8 Å². The second kappa shape index (κ2) is 6.55. The third kappa shape index (κ3) is 14.9. The minimum atomic E-state index is -1.26. The average molecular weight is 219 g/mol. The van der Waals surface area contributed by atoms with Crippen molar-refractivity contribution in [3.8, 4) is 0 Å². The molecule has 7 nitrogen and oxygen atoms in total. The summed E-state index contributed by atoms with van der Waals surface area (Å²) in [6.45, 7) is 2.88. The molecule has 0 radical (unpaired) electrons. The summed E-state index contributed by atoms with van der Waals surface area (Å²) in [4.78, 5) is 29.0. The standard InChI is InChI=1S/C4H9NO2.C4H4O4/c1-4(2,5)3(6)7;5-3(6)1-2-4(7)8/h5H2,1-2H3,(H,6,7);1-2H,(H,5,6)(H,7,8). The van der Waals surface area contributed by atoms with E-state index in [9.17, 15) is 14.4 Å². The first-order valence-electron chi connectivity index (χ1n) is 3.73. The predicted molar refractivity (Wildman–Crippen MR) is 50.3 cm³/mol. The highest BCUT2D eigenvalue weighted by molar-refractivity contribution is 5.89. The zero-order chi connectivity index (χ0) is 12.6. The van der Waals surface area contributed by atoms with Crippen LogP contribution in [0.25, 0.3) is 0 Å². The van der Waals surface area contributed by atoms with Crippen LogP contribution in [-0.4, -0.2) is 38.8 Å². The Morgan fingerprint density at radius 2 is 1.20 bits per heavy atom. The number of rotatable bonds is 3. The van der Waals surface area contributed by atoms with Gasteiger partial charge in [-0.25, -0.2) is 9.59 Å². The highest BCUT2D eigenvalue weighted by Crippen LogP contribution is 1.93. The molecule has 0 spiro atoms. The van der Waals surface area contributed by atoms with E-state index in [0.717, 1.165) is 0 Å². The summed E-state index contributed by atoms with van der Waals surface area (Å²) < 4.78 is 0. The first kappa shape index (κ1) is 15.6. The number of hydrogen-bond donors (Lipinski definition) is 4. The first-order valence-corrected chi connectivity index (χ1v) is 3.73. The molecule has 0 fully saturated rings. The summed E-state index contributed by atoms with van der Waals surface area (Å²) in [7, 11) is 0. The highest BCUT2D eigenvalue weighted by atomic mass is 16.4. The Bertz CT molecular complexity index is 259. The van der Waals surface area contributed by atoms with Crippen LogP contribution in [0.5, 0.6) is 0 Å². The molecule has 0 saturated heterocycles. The molecule has 5 N–H and O–H groups in total. The molecule has 0 heterocycles. The van der Waals surface area contributed by atoms with Crippen molar-refractivity contribution in [2.75, 3.05) is 0 Å². The summed E-state index contributed by atoms with van der Waals surface area (Å²) in [6.07, 6.45) is 1.12. The molecule has 7 heteroatoms. The summed E-state index contributed by atoms with van der Waals surface area (Å²) in [6, 6.07) is 0. The van der Waals surface area contributed by atoms with Gasteiger partial charge in [-0.3, -0.25) is 4.79 Å². The predicted octanol–water partition coefficient (Wildman–Crippen LogP) is -0.480. The summed E-state index contributed by atoms with van der Waals surface area (Å²) in [5, 5.41) is 23.7. The SMILES string of the molecule is CC(C)(N)C(=O)O.O=C(O)C=CC(=O)O. The van der Waals surface area contributed by atoms with Gasteiger partial charge in [-0.15, -0.1) is 0 Å². The largest absolute Gasteiger partial charge is 0.480 e. The fraction of sp³-hybridized carbons (Fsp3) is 0.375. The Kier molecular flexibility index (Phi) is 6.80. The maximum Gasteiger partial charge on any atom is 0.328 e.